The minimum absolute atomic E-state index is 0.0434. The van der Waals surface area contributed by atoms with Crippen molar-refractivity contribution >= 4 is 15.9 Å². The summed E-state index contributed by atoms with van der Waals surface area (Å²) >= 11 is 0. The first-order valence-electron chi connectivity index (χ1n) is 11.4. The lowest BCUT2D eigenvalue weighted by atomic mass is 9.74. The molecule has 0 spiro atoms. The average Bonchev–Trinajstić information content (AvgIpc) is 2.71. The number of hydrogen-bond acceptors (Lipinski definition) is 5. The largest absolute Gasteiger partial charge is 0.430 e. The molecule has 0 aromatic heterocycles. The number of nitrogens with zero attached hydrogens (tertiary/aromatic N) is 1. The maximum atomic E-state index is 12.6. The summed E-state index contributed by atoms with van der Waals surface area (Å²) in [6.45, 7) is 11.2. The highest BCUT2D eigenvalue weighted by molar-refractivity contribution is 7.91. The highest BCUT2D eigenvalue weighted by Crippen LogP contribution is 2.37. The summed E-state index contributed by atoms with van der Waals surface area (Å²) in [5.74, 6) is 7.35. The number of fused-ring (bicyclic) bond motifs is 3. The predicted octanol–water partition coefficient (Wildman–Crippen LogP) is 3.83. The molecule has 4 rings (SSSR count). The number of rotatable bonds is 6. The molecule has 0 radical (unpaired) electrons. The van der Waals surface area contributed by atoms with Crippen LogP contribution in [0.15, 0.2) is 29.2 Å². The molecule has 32 heavy (non-hydrogen) atoms. The molecule has 176 valence electrons. The van der Waals surface area contributed by atoms with E-state index in [0.29, 0.717) is 35.1 Å². The molecule has 2 bridgehead atoms. The number of benzene rings is 1. The van der Waals surface area contributed by atoms with Crippen LogP contribution in [-0.2, 0) is 14.6 Å². The Morgan fingerprint density at radius 2 is 1.78 bits per heavy atom. The number of amides is 1. The van der Waals surface area contributed by atoms with Crippen molar-refractivity contribution in [3.63, 3.8) is 0 Å². The van der Waals surface area contributed by atoms with E-state index in [-0.39, 0.29) is 11.2 Å². The molecule has 2 atom stereocenters. The molecule has 3 fully saturated rings. The lowest BCUT2D eigenvalue weighted by Gasteiger charge is -2.46. The van der Waals surface area contributed by atoms with Gasteiger partial charge in [0.15, 0.2) is 15.4 Å². The second-order valence-electron chi connectivity index (χ2n) is 10.7. The standard InChI is InChI=1S/C25H36N2O4S/c1-24(2,3)13-16-32(29,30)22-7-5-19(6-8-22)9-12-25(4,31-23(26)28)17-21-18-27-14-10-20(21)11-15-27/h5-8,20-21H,10-11,13-18H2,1-4H3,(H2,26,28). The van der Waals surface area contributed by atoms with Crippen molar-refractivity contribution in [2.75, 3.05) is 25.4 Å². The Morgan fingerprint density at radius 3 is 2.28 bits per heavy atom. The van der Waals surface area contributed by atoms with Crippen molar-refractivity contribution < 1.29 is 17.9 Å². The minimum Gasteiger partial charge on any atom is -0.430 e. The molecule has 1 aromatic carbocycles. The van der Waals surface area contributed by atoms with Crippen LogP contribution in [0, 0.1) is 29.1 Å². The summed E-state index contributed by atoms with van der Waals surface area (Å²) in [5.41, 5.74) is 5.00. The van der Waals surface area contributed by atoms with Crippen LogP contribution >= 0.6 is 0 Å². The number of carbonyl (C=O) groups is 1. The lowest BCUT2D eigenvalue weighted by molar-refractivity contribution is -0.00324. The molecule has 0 aliphatic carbocycles. The van der Waals surface area contributed by atoms with Gasteiger partial charge in [-0.15, -0.1) is 0 Å². The maximum Gasteiger partial charge on any atom is 0.406 e. The molecule has 0 saturated carbocycles. The van der Waals surface area contributed by atoms with Gasteiger partial charge in [0.2, 0.25) is 0 Å². The quantitative estimate of drug-likeness (QED) is 0.652. The smallest absolute Gasteiger partial charge is 0.406 e. The van der Waals surface area contributed by atoms with E-state index in [4.69, 9.17) is 10.5 Å². The number of hydrogen-bond donors (Lipinski definition) is 1. The summed E-state index contributed by atoms with van der Waals surface area (Å²) in [5, 5.41) is 0. The fraction of sp³-hybridized carbons (Fsp3) is 0.640. The Kier molecular flexibility index (Phi) is 7.26. The molecular formula is C25H36N2O4S. The van der Waals surface area contributed by atoms with Crippen LogP contribution in [0.4, 0.5) is 4.79 Å². The number of piperidine rings is 3. The Balaban J connectivity index is 1.73. The van der Waals surface area contributed by atoms with Gasteiger partial charge < -0.3 is 15.4 Å². The van der Waals surface area contributed by atoms with Crippen LogP contribution in [0.5, 0.6) is 0 Å². The zero-order valence-electron chi connectivity index (χ0n) is 19.7. The number of nitrogens with two attached hydrogens (primary N) is 1. The number of ether oxygens (including phenoxy) is 1. The molecule has 3 saturated heterocycles. The molecule has 1 aromatic rings. The molecule has 3 aliphatic heterocycles. The summed E-state index contributed by atoms with van der Waals surface area (Å²) in [7, 11) is -3.33. The van der Waals surface area contributed by atoms with Gasteiger partial charge in [0.05, 0.1) is 10.6 Å². The highest BCUT2D eigenvalue weighted by Gasteiger charge is 2.39. The molecule has 1 amide bonds. The van der Waals surface area contributed by atoms with Gasteiger partial charge in [0.25, 0.3) is 0 Å². The second kappa shape index (κ2) is 9.44. The zero-order valence-corrected chi connectivity index (χ0v) is 20.5. The summed E-state index contributed by atoms with van der Waals surface area (Å²) in [6, 6.07) is 6.61. The summed E-state index contributed by atoms with van der Waals surface area (Å²) in [4.78, 5) is 14.3. The van der Waals surface area contributed by atoms with Crippen molar-refractivity contribution in [1.29, 1.82) is 0 Å². The van der Waals surface area contributed by atoms with Crippen molar-refractivity contribution in [2.24, 2.45) is 23.0 Å². The molecule has 6 nitrogen and oxygen atoms in total. The topological polar surface area (TPSA) is 89.7 Å². The molecule has 2 unspecified atom stereocenters. The second-order valence-corrected chi connectivity index (χ2v) is 12.8. The Bertz CT molecular complexity index is 977. The van der Waals surface area contributed by atoms with E-state index in [0.717, 1.165) is 19.6 Å². The molecule has 7 heteroatoms. The Labute approximate surface area is 192 Å². The average molecular weight is 461 g/mol. The van der Waals surface area contributed by atoms with E-state index in [2.05, 4.69) is 16.7 Å². The number of sulfone groups is 1. The van der Waals surface area contributed by atoms with Gasteiger partial charge in [-0.05, 0) is 80.8 Å². The van der Waals surface area contributed by atoms with E-state index >= 15 is 0 Å². The van der Waals surface area contributed by atoms with Crippen LogP contribution in [0.2, 0.25) is 0 Å². The fourth-order valence-electron chi connectivity index (χ4n) is 4.67. The molecule has 2 N–H and O–H groups in total. The van der Waals surface area contributed by atoms with Crippen molar-refractivity contribution in [3.8, 4) is 11.8 Å². The maximum absolute atomic E-state index is 12.6. The summed E-state index contributed by atoms with van der Waals surface area (Å²) in [6.07, 6.45) is 2.76. The van der Waals surface area contributed by atoms with Gasteiger partial charge >= 0.3 is 6.09 Å². The fourth-order valence-corrected chi connectivity index (χ4v) is 6.34. The van der Waals surface area contributed by atoms with Crippen LogP contribution in [0.3, 0.4) is 0 Å². The number of carbonyl (C=O) groups excluding carboxylic acids is 1. The summed E-state index contributed by atoms with van der Waals surface area (Å²) < 4.78 is 30.7. The van der Waals surface area contributed by atoms with Crippen LogP contribution in [0.25, 0.3) is 0 Å². The van der Waals surface area contributed by atoms with E-state index < -0.39 is 21.5 Å². The van der Waals surface area contributed by atoms with E-state index in [1.54, 1.807) is 24.3 Å². The van der Waals surface area contributed by atoms with Crippen molar-refractivity contribution in [3.05, 3.63) is 29.8 Å². The van der Waals surface area contributed by atoms with Gasteiger partial charge in [0, 0.05) is 18.5 Å². The third kappa shape index (κ3) is 6.73. The van der Waals surface area contributed by atoms with E-state index in [1.165, 1.54) is 12.8 Å². The molecule has 3 aliphatic rings. The lowest BCUT2D eigenvalue weighted by Crippen LogP contribution is -2.50. The highest BCUT2D eigenvalue weighted by atomic mass is 32.2. The molecule has 3 heterocycles. The first-order chi connectivity index (χ1) is 14.9. The monoisotopic (exact) mass is 460 g/mol. The Morgan fingerprint density at radius 1 is 1.16 bits per heavy atom. The third-order valence-corrected chi connectivity index (χ3v) is 8.31. The first-order valence-corrected chi connectivity index (χ1v) is 13.1. The van der Waals surface area contributed by atoms with Gasteiger partial charge in [-0.1, -0.05) is 32.6 Å². The Hall–Kier alpha value is -2.04. The van der Waals surface area contributed by atoms with Crippen LogP contribution < -0.4 is 5.73 Å². The van der Waals surface area contributed by atoms with Crippen LogP contribution in [-0.4, -0.2) is 50.4 Å². The predicted molar refractivity (Wildman–Crippen MR) is 126 cm³/mol. The zero-order chi connectivity index (χ0) is 23.6. The van der Waals surface area contributed by atoms with Gasteiger partial charge in [-0.2, -0.15) is 0 Å². The minimum atomic E-state index is -3.33. The number of primary amides is 1. The van der Waals surface area contributed by atoms with Gasteiger partial charge in [-0.3, -0.25) is 0 Å². The van der Waals surface area contributed by atoms with Crippen molar-refractivity contribution in [1.82, 2.24) is 4.90 Å². The third-order valence-electron chi connectivity index (χ3n) is 6.57. The van der Waals surface area contributed by atoms with Gasteiger partial charge in [0.1, 0.15) is 0 Å². The normalized spacial score (nSPS) is 24.8. The van der Waals surface area contributed by atoms with Crippen LogP contribution in [0.1, 0.15) is 58.9 Å². The van der Waals surface area contributed by atoms with E-state index in [1.807, 2.05) is 27.7 Å². The van der Waals surface area contributed by atoms with E-state index in [9.17, 15) is 13.2 Å². The first kappa shape index (κ1) is 24.6. The van der Waals surface area contributed by atoms with Gasteiger partial charge in [-0.25, -0.2) is 13.2 Å². The SMILES string of the molecule is CC(C)(C)CCS(=O)(=O)c1ccc(C#CC(C)(CC2CN3CCC2CC3)OC(N)=O)cc1. The van der Waals surface area contributed by atoms with Crippen molar-refractivity contribution in [2.45, 2.75) is 63.9 Å². The molecular weight excluding hydrogens is 424 g/mol.